The van der Waals surface area contributed by atoms with Crippen LogP contribution in [0, 0.1) is 5.92 Å². The molecule has 0 aromatic rings. The zero-order valence-electron chi connectivity index (χ0n) is 9.21. The van der Waals surface area contributed by atoms with Gasteiger partial charge in [0.1, 0.15) is 0 Å². The van der Waals surface area contributed by atoms with Crippen molar-refractivity contribution in [3.63, 3.8) is 0 Å². The van der Waals surface area contributed by atoms with Gasteiger partial charge in [-0.15, -0.1) is 0 Å². The lowest BCUT2D eigenvalue weighted by molar-refractivity contribution is -0.136. The van der Waals surface area contributed by atoms with E-state index in [-0.39, 0.29) is 6.42 Å². The normalized spacial score (nSPS) is 24.8. The predicted molar refractivity (Wildman–Crippen MR) is 59.5 cm³/mol. The fourth-order valence-corrected chi connectivity index (χ4v) is 2.43. The van der Waals surface area contributed by atoms with E-state index in [9.17, 15) is 4.79 Å². The summed E-state index contributed by atoms with van der Waals surface area (Å²) in [5.41, 5.74) is 4.81. The van der Waals surface area contributed by atoms with E-state index in [2.05, 4.69) is 19.1 Å². The molecular formula is C13H16O2. The molecule has 0 aromatic carbocycles. The first-order valence-corrected chi connectivity index (χ1v) is 5.40. The van der Waals surface area contributed by atoms with Crippen LogP contribution in [0.3, 0.4) is 0 Å². The summed E-state index contributed by atoms with van der Waals surface area (Å²) in [6, 6.07) is 0. The summed E-state index contributed by atoms with van der Waals surface area (Å²) >= 11 is 0. The van der Waals surface area contributed by atoms with Crippen molar-refractivity contribution in [2.75, 3.05) is 0 Å². The second kappa shape index (κ2) is 3.69. The van der Waals surface area contributed by atoms with Gasteiger partial charge in [-0.3, -0.25) is 4.79 Å². The maximum Gasteiger partial charge on any atom is 0.307 e. The second-order valence-corrected chi connectivity index (χ2v) is 4.53. The van der Waals surface area contributed by atoms with Crippen molar-refractivity contribution in [1.82, 2.24) is 0 Å². The molecule has 0 spiro atoms. The van der Waals surface area contributed by atoms with Crippen LogP contribution >= 0.6 is 0 Å². The lowest BCUT2D eigenvalue weighted by atomic mass is 9.90. The molecule has 0 aromatic heterocycles. The van der Waals surface area contributed by atoms with Crippen molar-refractivity contribution in [2.45, 2.75) is 33.1 Å². The quantitative estimate of drug-likeness (QED) is 0.750. The molecule has 1 atom stereocenters. The van der Waals surface area contributed by atoms with Crippen LogP contribution in [0.25, 0.3) is 0 Å². The number of carbonyl (C=O) groups is 1. The van der Waals surface area contributed by atoms with Crippen LogP contribution in [0.4, 0.5) is 0 Å². The highest BCUT2D eigenvalue weighted by Gasteiger charge is 2.25. The molecule has 2 heteroatoms. The summed E-state index contributed by atoms with van der Waals surface area (Å²) in [4.78, 5) is 10.8. The molecule has 80 valence electrons. The number of carboxylic acid groups (broad SMARTS) is 1. The molecule has 15 heavy (non-hydrogen) atoms. The van der Waals surface area contributed by atoms with E-state index in [1.165, 1.54) is 16.7 Å². The highest BCUT2D eigenvalue weighted by molar-refractivity contribution is 5.75. The van der Waals surface area contributed by atoms with Crippen molar-refractivity contribution in [1.29, 1.82) is 0 Å². The van der Waals surface area contributed by atoms with Crippen molar-refractivity contribution >= 4 is 5.97 Å². The van der Waals surface area contributed by atoms with E-state index < -0.39 is 5.97 Å². The van der Waals surface area contributed by atoms with Crippen molar-refractivity contribution in [3.05, 3.63) is 34.4 Å². The number of allylic oxidation sites excluding steroid dienone is 5. The molecule has 2 aliphatic rings. The molecule has 0 saturated carbocycles. The van der Waals surface area contributed by atoms with Crippen LogP contribution in [0.1, 0.15) is 33.1 Å². The summed E-state index contributed by atoms with van der Waals surface area (Å²) in [6.45, 7) is 4.24. The molecule has 0 heterocycles. The van der Waals surface area contributed by atoms with Gasteiger partial charge in [-0.1, -0.05) is 24.6 Å². The summed E-state index contributed by atoms with van der Waals surface area (Å²) in [5, 5.41) is 8.85. The second-order valence-electron chi connectivity index (χ2n) is 4.53. The first-order valence-electron chi connectivity index (χ1n) is 5.40. The standard InChI is InChI=1S/C13H16O2/c1-8-3-4-11-10(5-8)6-9(2)12(11)7-13(14)15/h4-5,8H,3,6-7H2,1-2H3,(H,14,15)/t8-/m0/s1. The number of hydrogen-bond donors (Lipinski definition) is 1. The number of aliphatic carboxylic acids is 1. The maximum atomic E-state index is 10.8. The molecule has 0 aliphatic heterocycles. The highest BCUT2D eigenvalue weighted by Crippen LogP contribution is 2.41. The third kappa shape index (κ3) is 1.89. The molecule has 2 aliphatic carbocycles. The smallest absolute Gasteiger partial charge is 0.307 e. The van der Waals surface area contributed by atoms with E-state index in [1.807, 2.05) is 6.92 Å². The van der Waals surface area contributed by atoms with Crippen LogP contribution in [0.5, 0.6) is 0 Å². The molecule has 0 fully saturated rings. The van der Waals surface area contributed by atoms with E-state index in [0.717, 1.165) is 18.4 Å². The van der Waals surface area contributed by atoms with Gasteiger partial charge in [-0.25, -0.2) is 0 Å². The lowest BCUT2D eigenvalue weighted by Gasteiger charge is -2.15. The molecule has 0 bridgehead atoms. The molecule has 0 saturated heterocycles. The predicted octanol–water partition coefficient (Wildman–Crippen LogP) is 3.07. The van der Waals surface area contributed by atoms with E-state index in [0.29, 0.717) is 5.92 Å². The molecular weight excluding hydrogens is 188 g/mol. The minimum Gasteiger partial charge on any atom is -0.481 e. The van der Waals surface area contributed by atoms with Crippen molar-refractivity contribution < 1.29 is 9.90 Å². The summed E-state index contributed by atoms with van der Waals surface area (Å²) in [7, 11) is 0. The SMILES string of the molecule is CC1=C(CC(=O)O)C2=CC[C@H](C)C=C2C1. The molecule has 0 amide bonds. The Kier molecular flexibility index (Phi) is 2.51. The number of fused-ring (bicyclic) bond motifs is 1. The molecule has 0 radical (unpaired) electrons. The van der Waals surface area contributed by atoms with Crippen molar-refractivity contribution in [2.24, 2.45) is 5.92 Å². The topological polar surface area (TPSA) is 37.3 Å². The van der Waals surface area contributed by atoms with Crippen LogP contribution < -0.4 is 0 Å². The fraction of sp³-hybridized carbons (Fsp3) is 0.462. The van der Waals surface area contributed by atoms with Gasteiger partial charge in [0.25, 0.3) is 0 Å². The van der Waals surface area contributed by atoms with Gasteiger partial charge >= 0.3 is 5.97 Å². The Bertz CT molecular complexity index is 397. The first-order chi connectivity index (χ1) is 7.08. The van der Waals surface area contributed by atoms with Gasteiger partial charge in [-0.05, 0) is 42.4 Å². The lowest BCUT2D eigenvalue weighted by Crippen LogP contribution is -2.02. The van der Waals surface area contributed by atoms with Gasteiger partial charge < -0.3 is 5.11 Å². The Morgan fingerprint density at radius 2 is 2.33 bits per heavy atom. The van der Waals surface area contributed by atoms with Crippen LogP contribution in [0.15, 0.2) is 34.4 Å². The fourth-order valence-electron chi connectivity index (χ4n) is 2.43. The highest BCUT2D eigenvalue weighted by atomic mass is 16.4. The van der Waals surface area contributed by atoms with Crippen molar-refractivity contribution in [3.8, 4) is 0 Å². The monoisotopic (exact) mass is 204 g/mol. The summed E-state index contributed by atoms with van der Waals surface area (Å²) in [5.74, 6) is -0.133. The van der Waals surface area contributed by atoms with Gasteiger partial charge in [0.15, 0.2) is 0 Å². The Morgan fingerprint density at radius 1 is 1.60 bits per heavy atom. The maximum absolute atomic E-state index is 10.8. The average molecular weight is 204 g/mol. The van der Waals surface area contributed by atoms with E-state index in [4.69, 9.17) is 5.11 Å². The van der Waals surface area contributed by atoms with Crippen LogP contribution in [-0.2, 0) is 4.79 Å². The number of carboxylic acids is 1. The molecule has 2 rings (SSSR count). The zero-order chi connectivity index (χ0) is 11.0. The minimum atomic E-state index is -0.731. The van der Waals surface area contributed by atoms with Gasteiger partial charge in [0.05, 0.1) is 6.42 Å². The van der Waals surface area contributed by atoms with Crippen LogP contribution in [0.2, 0.25) is 0 Å². The minimum absolute atomic E-state index is 0.170. The largest absolute Gasteiger partial charge is 0.481 e. The van der Waals surface area contributed by atoms with Gasteiger partial charge in [0, 0.05) is 0 Å². The van der Waals surface area contributed by atoms with E-state index in [1.54, 1.807) is 0 Å². The molecule has 2 nitrogen and oxygen atoms in total. The van der Waals surface area contributed by atoms with Gasteiger partial charge in [0.2, 0.25) is 0 Å². The number of rotatable bonds is 2. The third-order valence-corrected chi connectivity index (χ3v) is 3.15. The van der Waals surface area contributed by atoms with Crippen LogP contribution in [-0.4, -0.2) is 11.1 Å². The molecule has 1 N–H and O–H groups in total. The summed E-state index contributed by atoms with van der Waals surface area (Å²) in [6.07, 6.45) is 6.64. The molecule has 0 unspecified atom stereocenters. The Labute approximate surface area is 90.0 Å². The Balaban J connectivity index is 2.29. The third-order valence-electron chi connectivity index (χ3n) is 3.15. The average Bonchev–Trinajstić information content (AvgIpc) is 2.41. The van der Waals surface area contributed by atoms with E-state index >= 15 is 0 Å². The first kappa shape index (κ1) is 10.2. The Morgan fingerprint density at radius 3 is 3.00 bits per heavy atom. The Hall–Kier alpha value is -1.31. The summed E-state index contributed by atoms with van der Waals surface area (Å²) < 4.78 is 0. The van der Waals surface area contributed by atoms with Gasteiger partial charge in [-0.2, -0.15) is 0 Å². The zero-order valence-corrected chi connectivity index (χ0v) is 9.21. The number of hydrogen-bond acceptors (Lipinski definition) is 1.